The molecule has 1 aliphatic carbocycles. The number of nitrogens with one attached hydrogen (secondary N) is 1. The molecule has 0 saturated heterocycles. The van der Waals surface area contributed by atoms with E-state index in [0.717, 1.165) is 25.7 Å². The molecule has 0 bridgehead atoms. The van der Waals surface area contributed by atoms with Crippen LogP contribution in [0.2, 0.25) is 5.02 Å². The van der Waals surface area contributed by atoms with Crippen molar-refractivity contribution in [1.82, 2.24) is 9.62 Å². The van der Waals surface area contributed by atoms with Gasteiger partial charge >= 0.3 is 0 Å². The molecule has 1 aliphatic rings. The second kappa shape index (κ2) is 6.43. The van der Waals surface area contributed by atoms with Gasteiger partial charge in [-0.2, -0.15) is 0 Å². The number of sulfonamides is 1. The van der Waals surface area contributed by atoms with Crippen LogP contribution < -0.4 is 4.72 Å². The normalized spacial score (nSPS) is 24.0. The Hall–Kier alpha value is -0.620. The summed E-state index contributed by atoms with van der Waals surface area (Å²) in [7, 11) is 0.521. The summed E-state index contributed by atoms with van der Waals surface area (Å²) in [6, 6.07) is 6.50. The van der Waals surface area contributed by atoms with Gasteiger partial charge in [-0.25, -0.2) is 13.1 Å². The molecule has 0 aromatic heterocycles. The molecule has 112 valence electrons. The van der Waals surface area contributed by atoms with Gasteiger partial charge in [-0.05, 0) is 51.2 Å². The van der Waals surface area contributed by atoms with Crippen LogP contribution in [0.15, 0.2) is 29.2 Å². The summed E-state index contributed by atoms with van der Waals surface area (Å²) in [5.74, 6) is 0. The third-order valence-electron chi connectivity index (χ3n) is 3.82. The molecule has 0 unspecified atom stereocenters. The second-order valence-electron chi connectivity index (χ2n) is 5.50. The van der Waals surface area contributed by atoms with Crippen molar-refractivity contribution in [2.45, 2.75) is 42.7 Å². The largest absolute Gasteiger partial charge is 0.305 e. The van der Waals surface area contributed by atoms with E-state index >= 15 is 0 Å². The zero-order valence-electron chi connectivity index (χ0n) is 11.8. The molecule has 1 aromatic rings. The van der Waals surface area contributed by atoms with Crippen LogP contribution in [0, 0.1) is 0 Å². The average molecular weight is 317 g/mol. The quantitative estimate of drug-likeness (QED) is 0.928. The fourth-order valence-electron chi connectivity index (χ4n) is 2.75. The van der Waals surface area contributed by atoms with Crippen molar-refractivity contribution in [3.05, 3.63) is 29.3 Å². The summed E-state index contributed by atoms with van der Waals surface area (Å²) in [5, 5.41) is 0.535. The number of halogens is 1. The van der Waals surface area contributed by atoms with Crippen molar-refractivity contribution < 1.29 is 8.42 Å². The number of likely N-dealkylation sites (N-methyl/N-ethyl adjacent to an activating group) is 1. The predicted molar refractivity (Wildman–Crippen MR) is 81.5 cm³/mol. The van der Waals surface area contributed by atoms with Crippen molar-refractivity contribution >= 4 is 21.6 Å². The average Bonchev–Trinajstić information content (AvgIpc) is 2.39. The van der Waals surface area contributed by atoms with Gasteiger partial charge in [0.1, 0.15) is 0 Å². The van der Waals surface area contributed by atoms with Crippen molar-refractivity contribution in [3.8, 4) is 0 Å². The Morgan fingerprint density at radius 1 is 1.15 bits per heavy atom. The molecule has 1 fully saturated rings. The van der Waals surface area contributed by atoms with E-state index in [0.29, 0.717) is 5.02 Å². The fourth-order valence-corrected chi connectivity index (χ4v) is 4.18. The molecule has 2 atom stereocenters. The maximum Gasteiger partial charge on any atom is 0.240 e. The van der Waals surface area contributed by atoms with Gasteiger partial charge in [-0.1, -0.05) is 24.4 Å². The molecule has 2 rings (SSSR count). The first-order valence-electron chi connectivity index (χ1n) is 6.84. The summed E-state index contributed by atoms with van der Waals surface area (Å²) in [6.07, 6.45) is 4.14. The summed E-state index contributed by atoms with van der Waals surface area (Å²) in [6.45, 7) is 0. The van der Waals surface area contributed by atoms with Gasteiger partial charge in [-0.15, -0.1) is 0 Å². The highest BCUT2D eigenvalue weighted by atomic mass is 35.5. The minimum atomic E-state index is -3.48. The van der Waals surface area contributed by atoms with Crippen LogP contribution in [-0.2, 0) is 10.0 Å². The lowest BCUT2D eigenvalue weighted by atomic mass is 9.90. The molecule has 0 radical (unpaired) electrons. The van der Waals surface area contributed by atoms with E-state index in [1.165, 1.54) is 12.1 Å². The molecule has 0 aliphatic heterocycles. The molecule has 1 N–H and O–H groups in total. The van der Waals surface area contributed by atoms with E-state index in [1.54, 1.807) is 12.1 Å². The van der Waals surface area contributed by atoms with Gasteiger partial charge in [0.2, 0.25) is 10.0 Å². The van der Waals surface area contributed by atoms with E-state index < -0.39 is 10.0 Å². The van der Waals surface area contributed by atoms with Crippen molar-refractivity contribution in [1.29, 1.82) is 0 Å². The summed E-state index contributed by atoms with van der Waals surface area (Å²) in [5.41, 5.74) is 0. The van der Waals surface area contributed by atoms with Crippen LogP contribution in [0.25, 0.3) is 0 Å². The minimum absolute atomic E-state index is 0.0283. The topological polar surface area (TPSA) is 49.4 Å². The van der Waals surface area contributed by atoms with E-state index in [1.807, 2.05) is 14.1 Å². The maximum absolute atomic E-state index is 12.4. The van der Waals surface area contributed by atoms with Gasteiger partial charge in [0.15, 0.2) is 0 Å². The molecule has 0 amide bonds. The molecule has 1 saturated carbocycles. The second-order valence-corrected chi connectivity index (χ2v) is 7.65. The number of nitrogens with zero attached hydrogens (tertiary/aromatic N) is 1. The lowest BCUT2D eigenvalue weighted by molar-refractivity contribution is 0.191. The molecular weight excluding hydrogens is 296 g/mol. The van der Waals surface area contributed by atoms with Gasteiger partial charge in [0.05, 0.1) is 4.90 Å². The monoisotopic (exact) mass is 316 g/mol. The van der Waals surface area contributed by atoms with E-state index in [4.69, 9.17) is 11.6 Å². The van der Waals surface area contributed by atoms with Crippen LogP contribution in [-0.4, -0.2) is 39.5 Å². The van der Waals surface area contributed by atoms with Crippen molar-refractivity contribution in [3.63, 3.8) is 0 Å². The molecule has 20 heavy (non-hydrogen) atoms. The molecule has 0 heterocycles. The molecule has 6 heteroatoms. The zero-order chi connectivity index (χ0) is 14.8. The van der Waals surface area contributed by atoms with Crippen molar-refractivity contribution in [2.75, 3.05) is 14.1 Å². The van der Waals surface area contributed by atoms with E-state index in [2.05, 4.69) is 9.62 Å². The Labute approximate surface area is 126 Å². The molecular formula is C14H21ClN2O2S. The summed E-state index contributed by atoms with van der Waals surface area (Å²) < 4.78 is 27.7. The number of rotatable bonds is 4. The predicted octanol–water partition coefficient (Wildman–Crippen LogP) is 2.49. The highest BCUT2D eigenvalue weighted by Gasteiger charge is 2.30. The van der Waals surface area contributed by atoms with Crippen LogP contribution in [0.4, 0.5) is 0 Å². The smallest absolute Gasteiger partial charge is 0.240 e. The number of hydrogen-bond acceptors (Lipinski definition) is 3. The van der Waals surface area contributed by atoms with Gasteiger partial charge < -0.3 is 4.90 Å². The third-order valence-corrected chi connectivity index (χ3v) is 5.58. The summed E-state index contributed by atoms with van der Waals surface area (Å²) >= 11 is 5.80. The lowest BCUT2D eigenvalue weighted by Gasteiger charge is -2.36. The molecule has 4 nitrogen and oxygen atoms in total. The van der Waals surface area contributed by atoms with Crippen LogP contribution in [0.1, 0.15) is 25.7 Å². The first-order valence-corrected chi connectivity index (χ1v) is 8.70. The molecule has 1 aromatic carbocycles. The first-order chi connectivity index (χ1) is 9.40. The fraction of sp³-hybridized carbons (Fsp3) is 0.571. The Bertz CT molecular complexity index is 543. The molecule has 0 spiro atoms. The van der Waals surface area contributed by atoms with Gasteiger partial charge in [0.25, 0.3) is 0 Å². The van der Waals surface area contributed by atoms with Crippen molar-refractivity contribution in [2.24, 2.45) is 0 Å². The Kier molecular flexibility index (Phi) is 5.07. The highest BCUT2D eigenvalue weighted by Crippen LogP contribution is 2.23. The van der Waals surface area contributed by atoms with Crippen LogP contribution >= 0.6 is 11.6 Å². The minimum Gasteiger partial charge on any atom is -0.305 e. The van der Waals surface area contributed by atoms with Gasteiger partial charge in [-0.3, -0.25) is 0 Å². The lowest BCUT2D eigenvalue weighted by Crippen LogP contribution is -2.50. The Balaban J connectivity index is 2.16. The van der Waals surface area contributed by atoms with Crippen LogP contribution in [0.3, 0.4) is 0 Å². The number of benzene rings is 1. The summed E-state index contributed by atoms with van der Waals surface area (Å²) in [4.78, 5) is 2.37. The highest BCUT2D eigenvalue weighted by molar-refractivity contribution is 7.89. The van der Waals surface area contributed by atoms with Crippen LogP contribution in [0.5, 0.6) is 0 Å². The SMILES string of the molecule is CN(C)[C@H]1CCCC[C@H]1NS(=O)(=O)c1ccc(Cl)cc1. The zero-order valence-corrected chi connectivity index (χ0v) is 13.4. The maximum atomic E-state index is 12.4. The Morgan fingerprint density at radius 2 is 1.75 bits per heavy atom. The van der Waals surface area contributed by atoms with Gasteiger partial charge in [0, 0.05) is 17.1 Å². The number of hydrogen-bond donors (Lipinski definition) is 1. The third kappa shape index (κ3) is 3.73. The first kappa shape index (κ1) is 15.8. The van der Waals surface area contributed by atoms with E-state index in [-0.39, 0.29) is 17.0 Å². The van der Waals surface area contributed by atoms with E-state index in [9.17, 15) is 8.42 Å². The Morgan fingerprint density at radius 3 is 2.35 bits per heavy atom. The standard InChI is InChI=1S/C14H21ClN2O2S/c1-17(2)14-6-4-3-5-13(14)16-20(18,19)12-9-7-11(15)8-10-12/h7-10,13-14,16H,3-6H2,1-2H3/t13-,14+/m1/s1.